The number of carbonyl (C=O) groups is 1. The molecule has 2 atom stereocenters. The Balaban J connectivity index is 1.86. The lowest BCUT2D eigenvalue weighted by Gasteiger charge is -2.33. The van der Waals surface area contributed by atoms with Crippen LogP contribution in [0.4, 0.5) is 0 Å². The van der Waals surface area contributed by atoms with Gasteiger partial charge in [-0.25, -0.2) is 13.4 Å². The first kappa shape index (κ1) is 30.3. The molecule has 11 nitrogen and oxygen atoms in total. The van der Waals surface area contributed by atoms with Crippen LogP contribution >= 0.6 is 0 Å². The predicted molar refractivity (Wildman–Crippen MR) is 146 cm³/mol. The standard InChI is InChI=1S/C26H33N3O8S2/c1-17-10-12-21(13-11-17)25-27-23(18(2)37-25)16-36-22-9-7-8-20(14-22)15-29(39(34,35)28(4)5)24(26(30)31)19(3)38(6,32)33/h7-14,19,24H,15-16H2,1-6H3,(H,30,31)/t19?,24-/m1/s1. The number of benzene rings is 2. The zero-order valence-corrected chi connectivity index (χ0v) is 24.3. The van der Waals surface area contributed by atoms with Crippen LogP contribution in [0.3, 0.4) is 0 Å². The molecule has 0 aliphatic rings. The number of carboxylic acid groups (broad SMARTS) is 1. The third kappa shape index (κ3) is 7.24. The maximum Gasteiger partial charge on any atom is 0.323 e. The van der Waals surface area contributed by atoms with Gasteiger partial charge in [-0.1, -0.05) is 29.8 Å². The third-order valence-electron chi connectivity index (χ3n) is 6.24. The first-order chi connectivity index (χ1) is 18.1. The molecule has 0 aliphatic heterocycles. The Morgan fingerprint density at radius 2 is 1.72 bits per heavy atom. The molecule has 3 aromatic rings. The largest absolute Gasteiger partial charge is 0.487 e. The van der Waals surface area contributed by atoms with Gasteiger partial charge in [0, 0.05) is 32.5 Å². The van der Waals surface area contributed by atoms with Crippen molar-refractivity contribution in [2.45, 2.75) is 45.2 Å². The molecule has 39 heavy (non-hydrogen) atoms. The van der Waals surface area contributed by atoms with E-state index >= 15 is 0 Å². The van der Waals surface area contributed by atoms with Gasteiger partial charge in [-0.3, -0.25) is 4.79 Å². The van der Waals surface area contributed by atoms with Crippen LogP contribution in [0.15, 0.2) is 52.9 Å². The number of aryl methyl sites for hydroxylation is 2. The number of aromatic nitrogens is 1. The van der Waals surface area contributed by atoms with Crippen molar-refractivity contribution in [3.8, 4) is 17.2 Å². The number of carboxylic acids is 1. The Hall–Kier alpha value is -3.26. The summed E-state index contributed by atoms with van der Waals surface area (Å²) in [4.78, 5) is 16.7. The number of nitrogens with zero attached hydrogens (tertiary/aromatic N) is 3. The fraction of sp³-hybridized carbons (Fsp3) is 0.385. The van der Waals surface area contributed by atoms with Gasteiger partial charge in [-0.15, -0.1) is 0 Å². The Kier molecular flexibility index (Phi) is 9.21. The molecule has 0 spiro atoms. The van der Waals surface area contributed by atoms with Gasteiger partial charge in [-0.2, -0.15) is 17.0 Å². The Labute approximate surface area is 229 Å². The summed E-state index contributed by atoms with van der Waals surface area (Å²) in [6, 6.07) is 12.4. The van der Waals surface area contributed by atoms with Gasteiger partial charge < -0.3 is 14.3 Å². The molecule has 1 N–H and O–H groups in total. The van der Waals surface area contributed by atoms with Gasteiger partial charge >= 0.3 is 5.97 Å². The van der Waals surface area contributed by atoms with Gasteiger partial charge in [-0.05, 0) is 50.6 Å². The second-order valence-corrected chi connectivity index (χ2v) is 14.0. The maximum absolute atomic E-state index is 13.1. The first-order valence-corrected chi connectivity index (χ1v) is 15.3. The Bertz CT molecular complexity index is 1530. The quantitative estimate of drug-likeness (QED) is 0.342. The zero-order chi connectivity index (χ0) is 29.1. The number of hydrogen-bond donors (Lipinski definition) is 1. The van der Waals surface area contributed by atoms with E-state index in [4.69, 9.17) is 9.15 Å². The smallest absolute Gasteiger partial charge is 0.323 e. The minimum absolute atomic E-state index is 0.0766. The number of hydrogen-bond acceptors (Lipinski definition) is 8. The summed E-state index contributed by atoms with van der Waals surface area (Å²) in [5, 5.41) is 8.36. The topological polar surface area (TPSA) is 147 Å². The molecule has 1 unspecified atom stereocenters. The summed E-state index contributed by atoms with van der Waals surface area (Å²) in [7, 11) is -5.72. The van der Waals surface area contributed by atoms with Crippen LogP contribution in [0.25, 0.3) is 11.5 Å². The van der Waals surface area contributed by atoms with E-state index in [-0.39, 0.29) is 6.61 Å². The summed E-state index contributed by atoms with van der Waals surface area (Å²) in [6.07, 6.45) is 0.874. The predicted octanol–water partition coefficient (Wildman–Crippen LogP) is 3.03. The molecule has 0 saturated carbocycles. The average molecular weight is 580 g/mol. The van der Waals surface area contributed by atoms with Crippen LogP contribution in [-0.4, -0.2) is 73.1 Å². The van der Waals surface area contributed by atoms with Crippen LogP contribution in [-0.2, 0) is 38.0 Å². The van der Waals surface area contributed by atoms with E-state index in [9.17, 15) is 26.7 Å². The van der Waals surface area contributed by atoms with Crippen LogP contribution in [0.2, 0.25) is 0 Å². The van der Waals surface area contributed by atoms with Gasteiger partial charge in [0.05, 0.1) is 5.25 Å². The molecule has 0 aliphatic carbocycles. The monoisotopic (exact) mass is 579 g/mol. The summed E-state index contributed by atoms with van der Waals surface area (Å²) in [6.45, 7) is 4.62. The lowest BCUT2D eigenvalue weighted by molar-refractivity contribution is -0.141. The Morgan fingerprint density at radius 1 is 1.08 bits per heavy atom. The van der Waals surface area contributed by atoms with E-state index < -0.39 is 43.9 Å². The molecule has 0 radical (unpaired) electrons. The molecule has 0 saturated heterocycles. The van der Waals surface area contributed by atoms with Crippen molar-refractivity contribution in [3.05, 3.63) is 71.1 Å². The molecular weight excluding hydrogens is 546 g/mol. The van der Waals surface area contributed by atoms with Crippen LogP contribution in [0.5, 0.6) is 5.75 Å². The average Bonchev–Trinajstić information content (AvgIpc) is 3.22. The van der Waals surface area contributed by atoms with E-state index in [2.05, 4.69) is 4.98 Å². The third-order valence-corrected chi connectivity index (χ3v) is 9.72. The van der Waals surface area contributed by atoms with Crippen LogP contribution in [0.1, 0.15) is 29.5 Å². The van der Waals surface area contributed by atoms with Crippen molar-refractivity contribution in [1.82, 2.24) is 13.6 Å². The van der Waals surface area contributed by atoms with Crippen molar-refractivity contribution in [3.63, 3.8) is 0 Å². The minimum Gasteiger partial charge on any atom is -0.487 e. The minimum atomic E-state index is -4.33. The van der Waals surface area contributed by atoms with Crippen molar-refractivity contribution >= 4 is 26.0 Å². The van der Waals surface area contributed by atoms with Gasteiger partial charge in [0.1, 0.15) is 29.9 Å². The summed E-state index contributed by atoms with van der Waals surface area (Å²) in [5.41, 5.74) is 2.93. The van der Waals surface area contributed by atoms with Crippen molar-refractivity contribution in [2.24, 2.45) is 0 Å². The van der Waals surface area contributed by atoms with E-state index in [1.807, 2.05) is 31.2 Å². The fourth-order valence-electron chi connectivity index (χ4n) is 3.77. The Morgan fingerprint density at radius 3 is 2.28 bits per heavy atom. The second-order valence-electron chi connectivity index (χ2n) is 9.48. The van der Waals surface area contributed by atoms with Gasteiger partial charge in [0.15, 0.2) is 9.84 Å². The van der Waals surface area contributed by atoms with Gasteiger partial charge in [0.25, 0.3) is 10.2 Å². The van der Waals surface area contributed by atoms with Crippen molar-refractivity contribution in [2.75, 3.05) is 20.4 Å². The van der Waals surface area contributed by atoms with Crippen molar-refractivity contribution in [1.29, 1.82) is 0 Å². The highest BCUT2D eigenvalue weighted by Gasteiger charge is 2.43. The van der Waals surface area contributed by atoms with Crippen LogP contribution < -0.4 is 4.74 Å². The van der Waals surface area contributed by atoms with Crippen molar-refractivity contribution < 1.29 is 35.9 Å². The van der Waals surface area contributed by atoms with E-state index in [0.29, 0.717) is 33.0 Å². The molecule has 3 rings (SSSR count). The molecule has 212 valence electrons. The normalized spacial score (nSPS) is 13.9. The highest BCUT2D eigenvalue weighted by Crippen LogP contribution is 2.25. The number of ether oxygens (including phenoxy) is 1. The summed E-state index contributed by atoms with van der Waals surface area (Å²) in [5.74, 6) is -0.137. The summed E-state index contributed by atoms with van der Waals surface area (Å²) >= 11 is 0. The molecule has 1 aromatic heterocycles. The fourth-order valence-corrected chi connectivity index (χ4v) is 5.87. The first-order valence-electron chi connectivity index (χ1n) is 12.0. The lowest BCUT2D eigenvalue weighted by atomic mass is 10.1. The van der Waals surface area contributed by atoms with E-state index in [0.717, 1.165) is 21.7 Å². The molecular formula is C26H33N3O8S2. The molecule has 0 amide bonds. The second kappa shape index (κ2) is 11.9. The van der Waals surface area contributed by atoms with E-state index in [1.165, 1.54) is 21.0 Å². The van der Waals surface area contributed by atoms with Crippen LogP contribution in [0, 0.1) is 13.8 Å². The summed E-state index contributed by atoms with van der Waals surface area (Å²) < 4.78 is 63.9. The van der Waals surface area contributed by atoms with Gasteiger partial charge in [0.2, 0.25) is 5.89 Å². The number of oxazole rings is 1. The molecule has 2 aromatic carbocycles. The zero-order valence-electron chi connectivity index (χ0n) is 22.7. The highest BCUT2D eigenvalue weighted by atomic mass is 32.2. The number of rotatable bonds is 12. The lowest BCUT2D eigenvalue weighted by Crippen LogP contribution is -2.55. The number of sulfone groups is 1. The molecule has 13 heteroatoms. The SMILES string of the molecule is Cc1ccc(-c2nc(COc3cccc(CN([C@@H](C(=O)O)C(C)S(C)(=O)=O)S(=O)(=O)N(C)C)c3)c(C)o2)cc1. The number of aliphatic carboxylic acids is 1. The molecule has 0 fully saturated rings. The molecule has 1 heterocycles. The molecule has 0 bridgehead atoms. The van der Waals surface area contributed by atoms with E-state index in [1.54, 1.807) is 31.2 Å². The highest BCUT2D eigenvalue weighted by molar-refractivity contribution is 7.91. The maximum atomic E-state index is 13.1.